The van der Waals surface area contributed by atoms with Crippen LogP contribution in [0, 0.1) is 13.8 Å². The molecule has 1 unspecified atom stereocenters. The first-order valence-electron chi connectivity index (χ1n) is 10.6. The first-order chi connectivity index (χ1) is 15.8. The zero-order valence-electron chi connectivity index (χ0n) is 19.3. The Morgan fingerprint density at radius 2 is 1.82 bits per heavy atom. The molecule has 0 aliphatic carbocycles. The summed E-state index contributed by atoms with van der Waals surface area (Å²) in [4.78, 5) is 23.8. The minimum absolute atomic E-state index is 0.0171. The fourth-order valence-electron chi connectivity index (χ4n) is 3.38. The molecule has 0 saturated heterocycles. The van der Waals surface area contributed by atoms with Gasteiger partial charge in [-0.25, -0.2) is 0 Å². The average molecular weight is 465 g/mol. The third kappa shape index (κ3) is 6.55. The largest absolute Gasteiger partial charge is 0.483 e. The molecule has 1 aromatic heterocycles. The van der Waals surface area contributed by atoms with Gasteiger partial charge in [-0.15, -0.1) is 16.8 Å². The molecule has 1 N–H and O–H groups in total. The van der Waals surface area contributed by atoms with Crippen LogP contribution in [0.15, 0.2) is 60.3 Å². The lowest BCUT2D eigenvalue weighted by Crippen LogP contribution is -2.15. The second kappa shape index (κ2) is 11.0. The maximum Gasteiger partial charge on any atom is 0.234 e. The summed E-state index contributed by atoms with van der Waals surface area (Å²) in [7, 11) is 0. The van der Waals surface area contributed by atoms with E-state index in [9.17, 15) is 9.59 Å². The van der Waals surface area contributed by atoms with Gasteiger partial charge in [-0.3, -0.25) is 14.2 Å². The van der Waals surface area contributed by atoms with Crippen LogP contribution in [0.4, 0.5) is 5.69 Å². The Labute approximate surface area is 198 Å². The Balaban J connectivity index is 1.66. The average Bonchev–Trinajstić information content (AvgIpc) is 3.15. The zero-order chi connectivity index (χ0) is 24.0. The van der Waals surface area contributed by atoms with Crippen LogP contribution in [0.2, 0.25) is 0 Å². The molecule has 0 fully saturated rings. The van der Waals surface area contributed by atoms with Crippen molar-refractivity contribution in [1.29, 1.82) is 0 Å². The summed E-state index contributed by atoms with van der Waals surface area (Å²) in [5.74, 6) is 1.41. The Hall–Kier alpha value is -3.39. The standard InChI is InChI=1S/C25H28N4O3S/c1-6-11-29-24(19(5)32-22-13-16(2)12-17(3)14-22)27-28-25(29)33-15-23(31)26-21-9-7-20(8-10-21)18(4)30/h6-10,12-14,19H,1,11,15H2,2-5H3,(H,26,31). The summed E-state index contributed by atoms with van der Waals surface area (Å²) in [5, 5.41) is 12.0. The van der Waals surface area contributed by atoms with Gasteiger partial charge in [-0.2, -0.15) is 0 Å². The second-order valence-corrected chi connectivity index (χ2v) is 8.74. The highest BCUT2D eigenvalue weighted by molar-refractivity contribution is 7.99. The fourth-order valence-corrected chi connectivity index (χ4v) is 4.14. The number of anilines is 1. The predicted molar refractivity (Wildman–Crippen MR) is 131 cm³/mol. The van der Waals surface area contributed by atoms with E-state index in [1.165, 1.54) is 18.7 Å². The molecule has 7 nitrogen and oxygen atoms in total. The van der Waals surface area contributed by atoms with Crippen LogP contribution in [-0.4, -0.2) is 32.2 Å². The third-order valence-electron chi connectivity index (χ3n) is 4.84. The summed E-state index contributed by atoms with van der Waals surface area (Å²) in [6.07, 6.45) is 1.43. The first kappa shape index (κ1) is 24.3. The van der Waals surface area contributed by atoms with E-state index in [4.69, 9.17) is 4.74 Å². The molecule has 3 aromatic rings. The number of nitrogens with one attached hydrogen (secondary N) is 1. The SMILES string of the molecule is C=CCn1c(SCC(=O)Nc2ccc(C(C)=O)cc2)nnc1C(C)Oc1cc(C)cc(C)c1. The van der Waals surface area contributed by atoms with Crippen molar-refractivity contribution in [1.82, 2.24) is 14.8 Å². The number of allylic oxidation sites excluding steroid dienone is 1. The number of nitrogens with zero attached hydrogens (tertiary/aromatic N) is 3. The van der Waals surface area contributed by atoms with Gasteiger partial charge in [-0.1, -0.05) is 23.9 Å². The normalized spacial score (nSPS) is 11.6. The van der Waals surface area contributed by atoms with E-state index in [0.717, 1.165) is 16.9 Å². The summed E-state index contributed by atoms with van der Waals surface area (Å²) in [5.41, 5.74) is 3.49. The Kier molecular flexibility index (Phi) is 8.06. The molecular weight excluding hydrogens is 436 g/mol. The van der Waals surface area contributed by atoms with Crippen molar-refractivity contribution in [2.45, 2.75) is 45.5 Å². The maximum atomic E-state index is 12.4. The number of rotatable bonds is 10. The lowest BCUT2D eigenvalue weighted by Gasteiger charge is -2.16. The van der Waals surface area contributed by atoms with Gasteiger partial charge in [0, 0.05) is 17.8 Å². The van der Waals surface area contributed by atoms with Crippen molar-refractivity contribution in [3.05, 3.63) is 77.6 Å². The molecule has 3 rings (SSSR count). The molecule has 1 atom stereocenters. The molecule has 0 aliphatic heterocycles. The maximum absolute atomic E-state index is 12.4. The number of aromatic nitrogens is 3. The topological polar surface area (TPSA) is 86.1 Å². The number of Topliss-reactive ketones (excluding diaryl/α,β-unsaturated/α-hetero) is 1. The molecule has 0 saturated carbocycles. The molecule has 0 spiro atoms. The molecule has 8 heteroatoms. The summed E-state index contributed by atoms with van der Waals surface area (Å²) in [6.45, 7) is 11.8. The van der Waals surface area contributed by atoms with E-state index < -0.39 is 0 Å². The van der Waals surface area contributed by atoms with E-state index in [0.29, 0.717) is 28.8 Å². The van der Waals surface area contributed by atoms with Gasteiger partial charge < -0.3 is 10.1 Å². The van der Waals surface area contributed by atoms with Crippen LogP contribution < -0.4 is 10.1 Å². The van der Waals surface area contributed by atoms with Gasteiger partial charge >= 0.3 is 0 Å². The van der Waals surface area contributed by atoms with Gasteiger partial charge in [0.05, 0.1) is 5.75 Å². The number of hydrogen-bond donors (Lipinski definition) is 1. The summed E-state index contributed by atoms with van der Waals surface area (Å²) >= 11 is 1.29. The Bertz CT molecular complexity index is 1130. The highest BCUT2D eigenvalue weighted by atomic mass is 32.2. The highest BCUT2D eigenvalue weighted by Gasteiger charge is 2.20. The number of carbonyl (C=O) groups excluding carboxylic acids is 2. The van der Waals surface area contributed by atoms with Crippen LogP contribution in [0.25, 0.3) is 0 Å². The van der Waals surface area contributed by atoms with E-state index >= 15 is 0 Å². The number of ether oxygens (including phenoxy) is 1. The van der Waals surface area contributed by atoms with Gasteiger partial charge in [0.2, 0.25) is 5.91 Å². The first-order valence-corrected chi connectivity index (χ1v) is 11.6. The molecule has 172 valence electrons. The molecule has 1 heterocycles. The molecule has 0 aliphatic rings. The third-order valence-corrected chi connectivity index (χ3v) is 5.80. The van der Waals surface area contributed by atoms with Crippen molar-refractivity contribution in [2.75, 3.05) is 11.1 Å². The van der Waals surface area contributed by atoms with E-state index in [-0.39, 0.29) is 23.5 Å². The summed E-state index contributed by atoms with van der Waals surface area (Å²) < 4.78 is 8.03. The number of thioether (sulfide) groups is 1. The van der Waals surface area contributed by atoms with Gasteiger partial charge in [0.25, 0.3) is 0 Å². The van der Waals surface area contributed by atoms with Crippen molar-refractivity contribution < 1.29 is 14.3 Å². The van der Waals surface area contributed by atoms with Crippen LogP contribution in [0.1, 0.15) is 47.3 Å². The monoisotopic (exact) mass is 464 g/mol. The van der Waals surface area contributed by atoms with Crippen molar-refractivity contribution in [2.24, 2.45) is 0 Å². The van der Waals surface area contributed by atoms with Crippen LogP contribution in [0.3, 0.4) is 0 Å². The van der Waals surface area contributed by atoms with Crippen LogP contribution >= 0.6 is 11.8 Å². The summed E-state index contributed by atoms with van der Waals surface area (Å²) in [6, 6.07) is 12.9. The number of ketones is 1. The number of aryl methyl sites for hydroxylation is 2. The van der Waals surface area contributed by atoms with Gasteiger partial charge in [0.1, 0.15) is 5.75 Å². The van der Waals surface area contributed by atoms with E-state index in [1.807, 2.05) is 37.5 Å². The molecule has 0 bridgehead atoms. The highest BCUT2D eigenvalue weighted by Crippen LogP contribution is 2.26. The lowest BCUT2D eigenvalue weighted by atomic mass is 10.1. The van der Waals surface area contributed by atoms with Crippen molar-refractivity contribution in [3.8, 4) is 5.75 Å². The number of amides is 1. The fraction of sp³-hybridized carbons (Fsp3) is 0.280. The Morgan fingerprint density at radius 1 is 1.15 bits per heavy atom. The minimum atomic E-state index is -0.332. The van der Waals surface area contributed by atoms with Crippen LogP contribution in [-0.2, 0) is 11.3 Å². The minimum Gasteiger partial charge on any atom is -0.483 e. The smallest absolute Gasteiger partial charge is 0.234 e. The van der Waals surface area contributed by atoms with Crippen LogP contribution in [0.5, 0.6) is 5.75 Å². The molecule has 1 amide bonds. The van der Waals surface area contributed by atoms with E-state index in [1.54, 1.807) is 30.3 Å². The number of benzene rings is 2. The predicted octanol–water partition coefficient (Wildman–Crippen LogP) is 5.15. The number of carbonyl (C=O) groups is 2. The molecule has 2 aromatic carbocycles. The zero-order valence-corrected chi connectivity index (χ0v) is 20.1. The van der Waals surface area contributed by atoms with Crippen molar-refractivity contribution in [3.63, 3.8) is 0 Å². The quantitative estimate of drug-likeness (QED) is 0.254. The Morgan fingerprint density at radius 3 is 2.42 bits per heavy atom. The molecular formula is C25H28N4O3S. The van der Waals surface area contributed by atoms with Crippen molar-refractivity contribution >= 4 is 29.1 Å². The van der Waals surface area contributed by atoms with Gasteiger partial charge in [-0.05, 0) is 75.2 Å². The second-order valence-electron chi connectivity index (χ2n) is 7.79. The lowest BCUT2D eigenvalue weighted by molar-refractivity contribution is -0.113. The molecule has 33 heavy (non-hydrogen) atoms. The van der Waals surface area contributed by atoms with Gasteiger partial charge in [0.15, 0.2) is 22.9 Å². The number of hydrogen-bond acceptors (Lipinski definition) is 6. The molecule has 0 radical (unpaired) electrons. The van der Waals surface area contributed by atoms with E-state index in [2.05, 4.69) is 28.2 Å².